The van der Waals surface area contributed by atoms with Gasteiger partial charge in [0.1, 0.15) is 5.56 Å². The van der Waals surface area contributed by atoms with Gasteiger partial charge in [-0.25, -0.2) is 4.79 Å². The first-order chi connectivity index (χ1) is 8.56. The minimum atomic E-state index is -1.31. The first-order valence-electron chi connectivity index (χ1n) is 5.46. The number of nitrogens with zero attached hydrogens (tertiary/aromatic N) is 1. The minimum Gasteiger partial charge on any atom is -0.477 e. The van der Waals surface area contributed by atoms with Gasteiger partial charge in [0.25, 0.3) is 5.69 Å². The zero-order chi connectivity index (χ0) is 13.5. The standard InChI is InChI=1S/C11H15N3O4/c1-12-5-2-6-13-8-3-4-10(14(17)18)9(7-8)11(15)16/h3-4,7,12-13H,2,5-6H2,1H3,(H,15,16). The van der Waals surface area contributed by atoms with Crippen molar-refractivity contribution in [1.29, 1.82) is 0 Å². The van der Waals surface area contributed by atoms with Crippen LogP contribution in [0.1, 0.15) is 16.8 Å². The summed E-state index contributed by atoms with van der Waals surface area (Å²) in [6, 6.07) is 3.98. The van der Waals surface area contributed by atoms with Gasteiger partial charge < -0.3 is 15.7 Å². The van der Waals surface area contributed by atoms with Gasteiger partial charge in [-0.2, -0.15) is 0 Å². The molecule has 0 amide bonds. The molecule has 0 aliphatic heterocycles. The number of carboxylic acid groups (broad SMARTS) is 1. The number of nitrogens with one attached hydrogen (secondary N) is 2. The number of benzene rings is 1. The maximum absolute atomic E-state index is 10.9. The van der Waals surface area contributed by atoms with Crippen LogP contribution in [0.4, 0.5) is 11.4 Å². The summed E-state index contributed by atoms with van der Waals surface area (Å²) >= 11 is 0. The SMILES string of the molecule is CNCCCNc1ccc([N+](=O)[O-])c(C(=O)O)c1. The van der Waals surface area contributed by atoms with E-state index in [1.807, 2.05) is 7.05 Å². The molecule has 0 saturated heterocycles. The van der Waals surface area contributed by atoms with Crippen molar-refractivity contribution in [3.8, 4) is 0 Å². The van der Waals surface area contributed by atoms with Crippen LogP contribution in [-0.2, 0) is 0 Å². The maximum atomic E-state index is 10.9. The molecule has 0 bridgehead atoms. The normalized spacial score (nSPS) is 10.1. The highest BCUT2D eigenvalue weighted by atomic mass is 16.6. The number of anilines is 1. The summed E-state index contributed by atoms with van der Waals surface area (Å²) in [5.74, 6) is -1.31. The topological polar surface area (TPSA) is 105 Å². The number of hydrogen-bond acceptors (Lipinski definition) is 5. The van der Waals surface area contributed by atoms with Crippen molar-refractivity contribution < 1.29 is 14.8 Å². The Labute approximate surface area is 104 Å². The van der Waals surface area contributed by atoms with Crippen LogP contribution in [0.25, 0.3) is 0 Å². The van der Waals surface area contributed by atoms with Gasteiger partial charge in [0.05, 0.1) is 4.92 Å². The number of carbonyl (C=O) groups is 1. The number of nitro benzene ring substituents is 1. The average molecular weight is 253 g/mol. The van der Waals surface area contributed by atoms with E-state index in [1.54, 1.807) is 0 Å². The van der Waals surface area contributed by atoms with Gasteiger partial charge in [-0.15, -0.1) is 0 Å². The van der Waals surface area contributed by atoms with E-state index in [2.05, 4.69) is 10.6 Å². The first kappa shape index (κ1) is 13.9. The Hall–Kier alpha value is -2.15. The molecule has 0 aromatic heterocycles. The summed E-state index contributed by atoms with van der Waals surface area (Å²) in [6.45, 7) is 1.50. The molecule has 3 N–H and O–H groups in total. The van der Waals surface area contributed by atoms with E-state index in [9.17, 15) is 14.9 Å². The molecule has 0 spiro atoms. The number of carboxylic acids is 1. The van der Waals surface area contributed by atoms with Crippen LogP contribution in [0.5, 0.6) is 0 Å². The molecule has 0 radical (unpaired) electrons. The predicted molar refractivity (Wildman–Crippen MR) is 67.1 cm³/mol. The van der Waals surface area contributed by atoms with Crippen LogP contribution in [0.3, 0.4) is 0 Å². The summed E-state index contributed by atoms with van der Waals surface area (Å²) in [5, 5.41) is 25.6. The van der Waals surface area contributed by atoms with Crippen molar-refractivity contribution >= 4 is 17.3 Å². The molecule has 0 atom stereocenters. The molecule has 0 aliphatic carbocycles. The predicted octanol–water partition coefficient (Wildman–Crippen LogP) is 1.31. The monoisotopic (exact) mass is 253 g/mol. The van der Waals surface area contributed by atoms with E-state index >= 15 is 0 Å². The third kappa shape index (κ3) is 3.70. The highest BCUT2D eigenvalue weighted by Crippen LogP contribution is 2.22. The lowest BCUT2D eigenvalue weighted by atomic mass is 10.1. The van der Waals surface area contributed by atoms with Gasteiger partial charge in [0.2, 0.25) is 0 Å². The van der Waals surface area contributed by atoms with Crippen molar-refractivity contribution in [2.24, 2.45) is 0 Å². The highest BCUT2D eigenvalue weighted by molar-refractivity contribution is 5.93. The molecular formula is C11H15N3O4. The van der Waals surface area contributed by atoms with Gasteiger partial charge in [-0.1, -0.05) is 0 Å². The Bertz CT molecular complexity index is 448. The lowest BCUT2D eigenvalue weighted by Crippen LogP contribution is -2.13. The summed E-state index contributed by atoms with van der Waals surface area (Å²) in [5.41, 5.74) is -0.143. The Balaban J connectivity index is 2.80. The zero-order valence-corrected chi connectivity index (χ0v) is 9.97. The van der Waals surface area contributed by atoms with Crippen LogP contribution < -0.4 is 10.6 Å². The molecule has 18 heavy (non-hydrogen) atoms. The van der Waals surface area contributed by atoms with E-state index in [4.69, 9.17) is 5.11 Å². The molecule has 7 nitrogen and oxygen atoms in total. The van der Waals surface area contributed by atoms with Gasteiger partial charge in [0.15, 0.2) is 0 Å². The first-order valence-corrected chi connectivity index (χ1v) is 5.46. The van der Waals surface area contributed by atoms with Crippen molar-refractivity contribution in [2.45, 2.75) is 6.42 Å². The third-order valence-electron chi connectivity index (χ3n) is 2.36. The molecule has 1 aromatic rings. The van der Waals surface area contributed by atoms with Crippen molar-refractivity contribution in [1.82, 2.24) is 5.32 Å². The van der Waals surface area contributed by atoms with E-state index in [1.165, 1.54) is 18.2 Å². The Kier molecular flexibility index (Phi) is 5.06. The van der Waals surface area contributed by atoms with Crippen LogP contribution in [-0.4, -0.2) is 36.1 Å². The molecule has 1 aromatic carbocycles. The molecule has 1 rings (SSSR count). The van der Waals surface area contributed by atoms with E-state index < -0.39 is 16.6 Å². The molecule has 0 aliphatic rings. The number of aromatic carboxylic acids is 1. The second kappa shape index (κ2) is 6.55. The van der Waals surface area contributed by atoms with Gasteiger partial charge >= 0.3 is 5.97 Å². The lowest BCUT2D eigenvalue weighted by molar-refractivity contribution is -0.385. The quantitative estimate of drug-likeness (QED) is 0.384. The van der Waals surface area contributed by atoms with Gasteiger partial charge in [0, 0.05) is 18.3 Å². The average Bonchev–Trinajstić information content (AvgIpc) is 2.34. The summed E-state index contributed by atoms with van der Waals surface area (Å²) in [4.78, 5) is 20.9. The molecule has 0 unspecified atom stereocenters. The second-order valence-corrected chi connectivity index (χ2v) is 3.68. The van der Waals surface area contributed by atoms with E-state index in [0.717, 1.165) is 13.0 Å². The van der Waals surface area contributed by atoms with E-state index in [0.29, 0.717) is 12.2 Å². The highest BCUT2D eigenvalue weighted by Gasteiger charge is 2.19. The van der Waals surface area contributed by atoms with E-state index in [-0.39, 0.29) is 5.56 Å². The van der Waals surface area contributed by atoms with Gasteiger partial charge in [-0.05, 0) is 32.1 Å². The molecule has 0 heterocycles. The number of nitro groups is 1. The summed E-state index contributed by atoms with van der Waals surface area (Å²) in [7, 11) is 1.84. The van der Waals surface area contributed by atoms with Crippen LogP contribution in [0, 0.1) is 10.1 Å². The molecule has 7 heteroatoms. The fourth-order valence-corrected chi connectivity index (χ4v) is 1.47. The third-order valence-corrected chi connectivity index (χ3v) is 2.36. The molecular weight excluding hydrogens is 238 g/mol. The number of hydrogen-bond donors (Lipinski definition) is 3. The fourth-order valence-electron chi connectivity index (χ4n) is 1.47. The zero-order valence-electron chi connectivity index (χ0n) is 9.97. The molecule has 0 fully saturated rings. The summed E-state index contributed by atoms with van der Waals surface area (Å²) in [6.07, 6.45) is 0.871. The summed E-state index contributed by atoms with van der Waals surface area (Å²) < 4.78 is 0. The van der Waals surface area contributed by atoms with Crippen LogP contribution in [0.15, 0.2) is 18.2 Å². The minimum absolute atomic E-state index is 0.307. The van der Waals surface area contributed by atoms with Crippen LogP contribution in [0.2, 0.25) is 0 Å². The second-order valence-electron chi connectivity index (χ2n) is 3.68. The largest absolute Gasteiger partial charge is 0.477 e. The maximum Gasteiger partial charge on any atom is 0.342 e. The fraction of sp³-hybridized carbons (Fsp3) is 0.364. The smallest absolute Gasteiger partial charge is 0.342 e. The van der Waals surface area contributed by atoms with Crippen LogP contribution >= 0.6 is 0 Å². The Morgan fingerprint density at radius 1 is 1.44 bits per heavy atom. The van der Waals surface area contributed by atoms with Crippen molar-refractivity contribution in [2.75, 3.05) is 25.5 Å². The van der Waals surface area contributed by atoms with Gasteiger partial charge in [-0.3, -0.25) is 10.1 Å². The molecule has 0 saturated carbocycles. The molecule has 98 valence electrons. The Morgan fingerprint density at radius 2 is 2.17 bits per heavy atom. The van der Waals surface area contributed by atoms with Crippen molar-refractivity contribution in [3.63, 3.8) is 0 Å². The van der Waals surface area contributed by atoms with Crippen molar-refractivity contribution in [3.05, 3.63) is 33.9 Å². The Morgan fingerprint density at radius 3 is 2.72 bits per heavy atom. The number of rotatable bonds is 7. The lowest BCUT2D eigenvalue weighted by Gasteiger charge is -2.07.